The Balaban J connectivity index is 1.51. The molecule has 0 amide bonds. The van der Waals surface area contributed by atoms with Gasteiger partial charge in [0.25, 0.3) is 0 Å². The Hall–Kier alpha value is -0.900. The number of hydrogen-bond acceptors (Lipinski definition) is 3. The summed E-state index contributed by atoms with van der Waals surface area (Å²) in [6.07, 6.45) is 1.16. The van der Waals surface area contributed by atoms with E-state index in [0.29, 0.717) is 12.5 Å². The Morgan fingerprint density at radius 1 is 1.21 bits per heavy atom. The van der Waals surface area contributed by atoms with E-state index in [-0.39, 0.29) is 5.41 Å². The van der Waals surface area contributed by atoms with Gasteiger partial charge in [-0.1, -0.05) is 30.3 Å². The van der Waals surface area contributed by atoms with Gasteiger partial charge in [-0.05, 0) is 31.7 Å². The zero-order valence-electron chi connectivity index (χ0n) is 11.7. The van der Waals surface area contributed by atoms with E-state index in [2.05, 4.69) is 12.1 Å². The topological polar surface area (TPSA) is 27.7 Å². The van der Waals surface area contributed by atoms with E-state index >= 15 is 0 Å². The van der Waals surface area contributed by atoms with Crippen LogP contribution in [0.1, 0.15) is 25.8 Å². The van der Waals surface area contributed by atoms with Crippen molar-refractivity contribution in [3.63, 3.8) is 0 Å². The van der Waals surface area contributed by atoms with E-state index in [4.69, 9.17) is 14.2 Å². The third-order valence-electron chi connectivity index (χ3n) is 4.20. The minimum absolute atomic E-state index is 0.197. The molecule has 1 saturated heterocycles. The lowest BCUT2D eigenvalue weighted by Gasteiger charge is -2.25. The summed E-state index contributed by atoms with van der Waals surface area (Å²) in [5.74, 6) is 0.157. The molecular formula is C16H22O3. The van der Waals surface area contributed by atoms with Crippen LogP contribution in [0.5, 0.6) is 0 Å². The lowest BCUT2D eigenvalue weighted by Crippen LogP contribution is -2.29. The Morgan fingerprint density at radius 2 is 2.00 bits per heavy atom. The normalized spacial score (nSPS) is 32.4. The van der Waals surface area contributed by atoms with E-state index in [1.54, 1.807) is 0 Å². The van der Waals surface area contributed by atoms with Crippen LogP contribution in [0, 0.1) is 11.3 Å². The van der Waals surface area contributed by atoms with Crippen LogP contribution in [0.15, 0.2) is 30.3 Å². The molecule has 0 radical (unpaired) electrons. The molecule has 0 N–H and O–H groups in total. The summed E-state index contributed by atoms with van der Waals surface area (Å²) in [7, 11) is 0. The average Bonchev–Trinajstić information content (AvgIpc) is 3.11. The summed E-state index contributed by atoms with van der Waals surface area (Å²) in [5, 5.41) is 0. The molecule has 1 aromatic carbocycles. The smallest absolute Gasteiger partial charge is 0.162 e. The molecule has 0 spiro atoms. The fourth-order valence-electron chi connectivity index (χ4n) is 2.67. The first-order chi connectivity index (χ1) is 9.10. The number of rotatable bonds is 4. The van der Waals surface area contributed by atoms with Crippen LogP contribution < -0.4 is 0 Å². The quantitative estimate of drug-likeness (QED) is 0.835. The lowest BCUT2D eigenvalue weighted by molar-refractivity contribution is -0.210. The summed E-state index contributed by atoms with van der Waals surface area (Å²) < 4.78 is 17.5. The molecule has 1 heterocycles. The molecular weight excluding hydrogens is 240 g/mol. The maximum absolute atomic E-state index is 5.89. The molecule has 3 heteroatoms. The average molecular weight is 262 g/mol. The Bertz CT molecular complexity index is 429. The van der Waals surface area contributed by atoms with Crippen LogP contribution in [0.4, 0.5) is 0 Å². The van der Waals surface area contributed by atoms with Gasteiger partial charge in [0.2, 0.25) is 0 Å². The Morgan fingerprint density at radius 3 is 2.79 bits per heavy atom. The van der Waals surface area contributed by atoms with Crippen LogP contribution in [0.2, 0.25) is 0 Å². The van der Waals surface area contributed by atoms with Crippen LogP contribution in [-0.2, 0) is 20.8 Å². The SMILES string of the molecule is CC1(C)OC[C@H]2C[C@@]2(COCc2ccccc2)CO1. The molecule has 1 aromatic rings. The van der Waals surface area contributed by atoms with Crippen LogP contribution in [-0.4, -0.2) is 25.6 Å². The minimum atomic E-state index is -0.445. The predicted octanol–water partition coefficient (Wildman–Crippen LogP) is 2.99. The first-order valence-corrected chi connectivity index (χ1v) is 6.99. The maximum atomic E-state index is 5.89. The van der Waals surface area contributed by atoms with Gasteiger partial charge in [0.05, 0.1) is 26.4 Å². The van der Waals surface area contributed by atoms with Gasteiger partial charge < -0.3 is 14.2 Å². The van der Waals surface area contributed by atoms with Crippen molar-refractivity contribution in [2.75, 3.05) is 19.8 Å². The third-order valence-corrected chi connectivity index (χ3v) is 4.20. The molecule has 19 heavy (non-hydrogen) atoms. The third kappa shape index (κ3) is 2.99. The highest BCUT2D eigenvalue weighted by atomic mass is 16.7. The summed E-state index contributed by atoms with van der Waals surface area (Å²) in [5.41, 5.74) is 1.42. The van der Waals surface area contributed by atoms with Gasteiger partial charge in [-0.3, -0.25) is 0 Å². The van der Waals surface area contributed by atoms with E-state index in [0.717, 1.165) is 26.2 Å². The highest BCUT2D eigenvalue weighted by molar-refractivity contribution is 5.13. The molecule has 3 rings (SSSR count). The van der Waals surface area contributed by atoms with Crippen molar-refractivity contribution in [2.24, 2.45) is 11.3 Å². The first kappa shape index (κ1) is 13.1. The van der Waals surface area contributed by atoms with Gasteiger partial charge >= 0.3 is 0 Å². The second-order valence-corrected chi connectivity index (χ2v) is 6.24. The summed E-state index contributed by atoms with van der Waals surface area (Å²) in [6, 6.07) is 10.3. The highest BCUT2D eigenvalue weighted by Crippen LogP contribution is 2.55. The van der Waals surface area contributed by atoms with Gasteiger partial charge in [-0.15, -0.1) is 0 Å². The zero-order chi connectivity index (χ0) is 13.3. The van der Waals surface area contributed by atoms with Gasteiger partial charge in [0, 0.05) is 5.41 Å². The molecule has 0 unspecified atom stereocenters. The summed E-state index contributed by atoms with van der Waals surface area (Å²) in [4.78, 5) is 0. The first-order valence-electron chi connectivity index (χ1n) is 6.99. The fourth-order valence-corrected chi connectivity index (χ4v) is 2.67. The van der Waals surface area contributed by atoms with Crippen molar-refractivity contribution in [2.45, 2.75) is 32.7 Å². The molecule has 104 valence electrons. The Labute approximate surface area is 114 Å². The largest absolute Gasteiger partial charge is 0.376 e. The van der Waals surface area contributed by atoms with Crippen molar-refractivity contribution < 1.29 is 14.2 Å². The monoisotopic (exact) mass is 262 g/mol. The van der Waals surface area contributed by atoms with Crippen LogP contribution in [0.25, 0.3) is 0 Å². The van der Waals surface area contributed by atoms with Crippen molar-refractivity contribution >= 4 is 0 Å². The van der Waals surface area contributed by atoms with Crippen molar-refractivity contribution in [3.8, 4) is 0 Å². The van der Waals surface area contributed by atoms with Crippen molar-refractivity contribution in [3.05, 3.63) is 35.9 Å². The molecule has 1 aliphatic carbocycles. The molecule has 2 atom stereocenters. The second-order valence-electron chi connectivity index (χ2n) is 6.24. The number of ether oxygens (including phenoxy) is 3. The molecule has 3 nitrogen and oxygen atoms in total. The van der Waals surface area contributed by atoms with E-state index < -0.39 is 5.79 Å². The molecule has 1 aliphatic heterocycles. The molecule has 2 aliphatic rings. The zero-order valence-corrected chi connectivity index (χ0v) is 11.7. The van der Waals surface area contributed by atoms with E-state index in [1.807, 2.05) is 32.0 Å². The second kappa shape index (κ2) is 4.89. The fraction of sp³-hybridized carbons (Fsp3) is 0.625. The number of benzene rings is 1. The summed E-state index contributed by atoms with van der Waals surface area (Å²) in [6.45, 7) is 6.96. The van der Waals surface area contributed by atoms with E-state index in [1.165, 1.54) is 5.56 Å². The standard InChI is InChI=1S/C16H22O3/c1-15(2)18-10-14-8-16(14,12-19-15)11-17-9-13-6-4-3-5-7-13/h3-7,14H,8-12H2,1-2H3/t14-,16-/m1/s1. The molecule has 0 bridgehead atoms. The molecule has 0 aromatic heterocycles. The maximum Gasteiger partial charge on any atom is 0.162 e. The van der Waals surface area contributed by atoms with Gasteiger partial charge in [0.15, 0.2) is 5.79 Å². The van der Waals surface area contributed by atoms with E-state index in [9.17, 15) is 0 Å². The van der Waals surface area contributed by atoms with Gasteiger partial charge in [0.1, 0.15) is 0 Å². The highest BCUT2D eigenvalue weighted by Gasteiger charge is 2.57. The molecule has 1 saturated carbocycles. The minimum Gasteiger partial charge on any atom is -0.376 e. The molecule has 2 fully saturated rings. The number of hydrogen-bond donors (Lipinski definition) is 0. The van der Waals surface area contributed by atoms with Crippen LogP contribution in [0.3, 0.4) is 0 Å². The van der Waals surface area contributed by atoms with Crippen LogP contribution >= 0.6 is 0 Å². The Kier molecular flexibility index (Phi) is 3.37. The number of fused-ring (bicyclic) bond motifs is 1. The summed E-state index contributed by atoms with van der Waals surface area (Å²) >= 11 is 0. The van der Waals surface area contributed by atoms with Crippen molar-refractivity contribution in [1.29, 1.82) is 0 Å². The van der Waals surface area contributed by atoms with Gasteiger partial charge in [-0.2, -0.15) is 0 Å². The predicted molar refractivity (Wildman–Crippen MR) is 72.6 cm³/mol. The van der Waals surface area contributed by atoms with Gasteiger partial charge in [-0.25, -0.2) is 0 Å². The lowest BCUT2D eigenvalue weighted by atomic mass is 10.1. The van der Waals surface area contributed by atoms with Crippen molar-refractivity contribution in [1.82, 2.24) is 0 Å².